The van der Waals surface area contributed by atoms with Gasteiger partial charge >= 0.3 is 23.6 Å². The van der Waals surface area contributed by atoms with Crippen LogP contribution in [0.2, 0.25) is 0 Å². The van der Waals surface area contributed by atoms with Crippen LogP contribution in [0, 0.1) is 5.82 Å². The number of hydrogen-bond donors (Lipinski definition) is 1. The number of nitrogens with one attached hydrogen (secondary N) is 1. The summed E-state index contributed by atoms with van der Waals surface area (Å²) in [7, 11) is 0. The van der Waals surface area contributed by atoms with Crippen molar-refractivity contribution in [3.8, 4) is 0 Å². The highest BCUT2D eigenvalue weighted by Crippen LogP contribution is 2.34. The summed E-state index contributed by atoms with van der Waals surface area (Å²) in [5.74, 6) is -3.73. The topological polar surface area (TPSA) is 143 Å². The first-order valence-electron chi connectivity index (χ1n) is 12.7. The molecule has 0 aliphatic carbocycles. The van der Waals surface area contributed by atoms with E-state index in [4.69, 9.17) is 18.9 Å². The third-order valence-corrected chi connectivity index (χ3v) is 6.38. The Kier molecular flexibility index (Phi) is 8.34. The summed E-state index contributed by atoms with van der Waals surface area (Å²) in [6, 6.07) is 23.8. The van der Waals surface area contributed by atoms with Gasteiger partial charge in [0.15, 0.2) is 18.4 Å². The van der Waals surface area contributed by atoms with Crippen molar-refractivity contribution in [3.63, 3.8) is 0 Å². The lowest BCUT2D eigenvalue weighted by Crippen LogP contribution is -2.43. The number of nitrogens with zero attached hydrogens (tertiary/aromatic N) is 1. The molecule has 1 aliphatic rings. The van der Waals surface area contributed by atoms with Gasteiger partial charge in [-0.25, -0.2) is 19.2 Å². The van der Waals surface area contributed by atoms with Gasteiger partial charge in [0.1, 0.15) is 12.7 Å². The fraction of sp³-hybridized carbons (Fsp3) is 0.167. The molecule has 2 heterocycles. The predicted molar refractivity (Wildman–Crippen MR) is 143 cm³/mol. The summed E-state index contributed by atoms with van der Waals surface area (Å²) < 4.78 is 37.8. The van der Waals surface area contributed by atoms with Crippen molar-refractivity contribution in [3.05, 3.63) is 141 Å². The number of carbonyl (C=O) groups excluding carboxylic acids is 3. The summed E-state index contributed by atoms with van der Waals surface area (Å²) in [4.78, 5) is 65.1. The minimum absolute atomic E-state index is 0.128. The van der Waals surface area contributed by atoms with Gasteiger partial charge in [-0.1, -0.05) is 54.6 Å². The van der Waals surface area contributed by atoms with E-state index < -0.39 is 66.1 Å². The molecule has 1 aliphatic heterocycles. The zero-order valence-corrected chi connectivity index (χ0v) is 21.8. The minimum Gasteiger partial charge on any atom is -0.459 e. The predicted octanol–water partition coefficient (Wildman–Crippen LogP) is 2.88. The van der Waals surface area contributed by atoms with Crippen LogP contribution in [0.4, 0.5) is 4.39 Å². The van der Waals surface area contributed by atoms with E-state index in [1.165, 1.54) is 36.4 Å². The van der Waals surface area contributed by atoms with Crippen molar-refractivity contribution in [2.24, 2.45) is 0 Å². The fourth-order valence-electron chi connectivity index (χ4n) is 4.33. The largest absolute Gasteiger partial charge is 0.459 e. The van der Waals surface area contributed by atoms with Crippen molar-refractivity contribution >= 4 is 17.9 Å². The monoisotopic (exact) mass is 574 g/mol. The maximum Gasteiger partial charge on any atom is 0.338 e. The lowest BCUT2D eigenvalue weighted by atomic mass is 10.1. The molecule has 1 fully saturated rings. The molecule has 3 aromatic carbocycles. The Labute approximate surface area is 237 Å². The first-order chi connectivity index (χ1) is 20.3. The smallest absolute Gasteiger partial charge is 0.338 e. The normalized spacial score (nSPS) is 19.5. The Balaban J connectivity index is 1.52. The lowest BCUT2D eigenvalue weighted by molar-refractivity contribution is -0.0643. The van der Waals surface area contributed by atoms with E-state index in [0.717, 1.165) is 0 Å². The first-order valence-corrected chi connectivity index (χ1v) is 12.7. The summed E-state index contributed by atoms with van der Waals surface area (Å²) in [6.45, 7) is -0.503. The summed E-state index contributed by atoms with van der Waals surface area (Å²) in [5, 5.41) is 0. The van der Waals surface area contributed by atoms with E-state index in [0.29, 0.717) is 10.8 Å². The van der Waals surface area contributed by atoms with Gasteiger partial charge in [0.2, 0.25) is 5.82 Å². The highest BCUT2D eigenvalue weighted by atomic mass is 19.1. The molecule has 4 aromatic rings. The molecular weight excluding hydrogens is 551 g/mol. The number of carbonyl (C=O) groups is 3. The Morgan fingerprint density at radius 2 is 1.21 bits per heavy atom. The molecule has 1 aromatic heterocycles. The minimum atomic E-state index is -1.59. The molecule has 0 spiro atoms. The number of hydrogen-bond acceptors (Lipinski definition) is 9. The second-order valence-electron chi connectivity index (χ2n) is 9.15. The second-order valence-corrected chi connectivity index (χ2v) is 9.15. The van der Waals surface area contributed by atoms with E-state index in [-0.39, 0.29) is 16.7 Å². The van der Waals surface area contributed by atoms with Crippen LogP contribution in [0.5, 0.6) is 0 Å². The molecule has 0 bridgehead atoms. The third-order valence-electron chi connectivity index (χ3n) is 6.38. The van der Waals surface area contributed by atoms with Gasteiger partial charge < -0.3 is 18.9 Å². The zero-order chi connectivity index (χ0) is 29.6. The van der Waals surface area contributed by atoms with Crippen LogP contribution < -0.4 is 11.2 Å². The van der Waals surface area contributed by atoms with Crippen LogP contribution in [-0.2, 0) is 18.9 Å². The molecular formula is C30H23FN2O9. The molecule has 12 heteroatoms. The van der Waals surface area contributed by atoms with E-state index in [9.17, 15) is 28.4 Å². The van der Waals surface area contributed by atoms with E-state index in [2.05, 4.69) is 0 Å². The van der Waals surface area contributed by atoms with Gasteiger partial charge in [-0.15, -0.1) is 0 Å². The summed E-state index contributed by atoms with van der Waals surface area (Å²) >= 11 is 0. The van der Waals surface area contributed by atoms with E-state index >= 15 is 0 Å². The molecule has 0 unspecified atom stereocenters. The summed E-state index contributed by atoms with van der Waals surface area (Å²) in [5.41, 5.74) is -1.84. The number of rotatable bonds is 8. The highest BCUT2D eigenvalue weighted by Gasteiger charge is 2.51. The van der Waals surface area contributed by atoms with Crippen molar-refractivity contribution in [1.82, 2.24) is 9.55 Å². The number of halogens is 1. The van der Waals surface area contributed by atoms with Crippen LogP contribution in [0.25, 0.3) is 0 Å². The Morgan fingerprint density at radius 1 is 0.738 bits per heavy atom. The van der Waals surface area contributed by atoms with Gasteiger partial charge in [0.05, 0.1) is 22.9 Å². The first kappa shape index (κ1) is 28.2. The molecule has 11 nitrogen and oxygen atoms in total. The number of aromatic nitrogens is 2. The Morgan fingerprint density at radius 3 is 1.74 bits per heavy atom. The lowest BCUT2D eigenvalue weighted by Gasteiger charge is -2.25. The van der Waals surface area contributed by atoms with Gasteiger partial charge in [-0.2, -0.15) is 4.39 Å². The molecule has 0 radical (unpaired) electrons. The molecule has 1 N–H and O–H groups in total. The Hall–Kier alpha value is -5.36. The van der Waals surface area contributed by atoms with Crippen LogP contribution in [0.15, 0.2) is 107 Å². The van der Waals surface area contributed by atoms with Crippen molar-refractivity contribution in [2.45, 2.75) is 24.5 Å². The molecule has 5 rings (SSSR count). The maximum absolute atomic E-state index is 14.3. The van der Waals surface area contributed by atoms with Gasteiger partial charge in [0, 0.05) is 0 Å². The molecule has 0 saturated carbocycles. The van der Waals surface area contributed by atoms with Gasteiger partial charge in [-0.05, 0) is 36.4 Å². The molecule has 4 atom stereocenters. The standard InChI is InChI=1S/C30H23FN2O9/c31-21-16-33(30(38)32-25(21)34)26-24(42-29(37)20-14-8-3-9-15-20)23(41-28(36)19-12-6-2-7-13-19)22(40-26)17-39-27(35)18-10-4-1-5-11-18/h1-16,22-24,26H,17H2,(H,32,34,38)/t22-,23+,24-,26-/m0/s1. The third kappa shape index (κ3) is 6.18. The van der Waals surface area contributed by atoms with Crippen LogP contribution in [-0.4, -0.2) is 52.4 Å². The fourth-order valence-corrected chi connectivity index (χ4v) is 4.33. The molecule has 214 valence electrons. The maximum atomic E-state index is 14.3. The van der Waals surface area contributed by atoms with Crippen molar-refractivity contribution in [2.75, 3.05) is 6.61 Å². The molecule has 0 amide bonds. The quantitative estimate of drug-likeness (QED) is 0.248. The van der Waals surface area contributed by atoms with Crippen LogP contribution in [0.3, 0.4) is 0 Å². The molecule has 1 saturated heterocycles. The average molecular weight is 575 g/mol. The van der Waals surface area contributed by atoms with Gasteiger partial charge in [-0.3, -0.25) is 14.3 Å². The number of benzene rings is 3. The number of aromatic amines is 1. The van der Waals surface area contributed by atoms with Crippen LogP contribution >= 0.6 is 0 Å². The number of H-pyrrole nitrogens is 1. The van der Waals surface area contributed by atoms with E-state index in [1.54, 1.807) is 54.6 Å². The van der Waals surface area contributed by atoms with Crippen molar-refractivity contribution in [1.29, 1.82) is 0 Å². The van der Waals surface area contributed by atoms with Crippen LogP contribution in [0.1, 0.15) is 37.3 Å². The molecule has 42 heavy (non-hydrogen) atoms. The zero-order valence-electron chi connectivity index (χ0n) is 21.8. The van der Waals surface area contributed by atoms with E-state index in [1.807, 2.05) is 4.98 Å². The Bertz CT molecular complexity index is 1690. The SMILES string of the molecule is O=C(OC[C@@H]1O[C@H](n2cc(F)c(=O)[nH]c2=O)[C@@H](OC(=O)c2ccccc2)[C@@H]1OC(=O)c1ccccc1)c1ccccc1. The average Bonchev–Trinajstić information content (AvgIpc) is 3.34. The number of esters is 3. The van der Waals surface area contributed by atoms with Crippen molar-refractivity contribution < 1.29 is 37.7 Å². The summed E-state index contributed by atoms with van der Waals surface area (Å²) in [6.07, 6.45) is -5.28. The second kappa shape index (κ2) is 12.4. The highest BCUT2D eigenvalue weighted by molar-refractivity contribution is 5.91. The number of ether oxygens (including phenoxy) is 4. The van der Waals surface area contributed by atoms with Gasteiger partial charge in [0.25, 0.3) is 5.56 Å².